The van der Waals surface area contributed by atoms with Crippen LogP contribution in [0.5, 0.6) is 0 Å². The van der Waals surface area contributed by atoms with Gasteiger partial charge in [0.15, 0.2) is 0 Å². The summed E-state index contributed by atoms with van der Waals surface area (Å²) in [5.74, 6) is -1.88. The van der Waals surface area contributed by atoms with Crippen LogP contribution in [0.25, 0.3) is 0 Å². The summed E-state index contributed by atoms with van der Waals surface area (Å²) in [5, 5.41) is 59.0. The van der Waals surface area contributed by atoms with Crippen molar-refractivity contribution >= 4 is 19.9 Å². The molecule has 4 unspecified atom stereocenters. The van der Waals surface area contributed by atoms with Crippen molar-refractivity contribution < 1.29 is 44.3 Å². The predicted octanol–water partition coefficient (Wildman–Crippen LogP) is -3.54. The minimum Gasteiger partial charge on any atom is -0.396 e. The molecule has 0 radical (unpaired) electrons. The van der Waals surface area contributed by atoms with Crippen LogP contribution in [0.1, 0.15) is 0 Å². The summed E-state index contributed by atoms with van der Waals surface area (Å²) < 4.78 is 21.7. The molecular weight excluding hydrogens is 451 g/mol. The van der Waals surface area contributed by atoms with Crippen LogP contribution in [-0.2, 0) is 13.6 Å². The first-order valence-electron chi connectivity index (χ1n) is 9.43. The first kappa shape index (κ1) is 26.1. The van der Waals surface area contributed by atoms with Crippen LogP contribution in [0, 0.1) is 11.8 Å². The standard InChI is InChI=1S/C16H28N6O9P/c17-11-1-3-21(15(27)19-11)5-9(7-23)13(25)30-32(29)31-14(26)10(8-24)6-22-4-2-12(18)20-16(22)28/h1-4,9-10,13-16,23-28H,5-8H2,(H2,17,19)(H2,18,20)/q+1/t9-,10-,13?,14?,15?,16?/m0/s1. The SMILES string of the molecule is NC1=NC(O)N(C[C@@H](CO)C(O)O[P+](=O)OC(O)[C@H](CO)CN2C=CC(N)=NC2O)C=C1. The third-order valence-electron chi connectivity index (χ3n) is 4.55. The van der Waals surface area contributed by atoms with E-state index in [2.05, 4.69) is 9.98 Å². The molecule has 0 saturated heterocycles. The van der Waals surface area contributed by atoms with Gasteiger partial charge in [-0.15, -0.1) is 0 Å². The zero-order valence-corrected chi connectivity index (χ0v) is 17.8. The fraction of sp³-hybridized carbons (Fsp3) is 0.625. The average Bonchev–Trinajstić information content (AvgIpc) is 2.72. The lowest BCUT2D eigenvalue weighted by Crippen LogP contribution is -2.42. The molecule has 2 aliphatic heterocycles. The Hall–Kier alpha value is -2.20. The molecule has 2 rings (SSSR count). The van der Waals surface area contributed by atoms with Crippen molar-refractivity contribution in [1.29, 1.82) is 0 Å². The van der Waals surface area contributed by atoms with E-state index in [1.54, 1.807) is 0 Å². The lowest BCUT2D eigenvalue weighted by atomic mass is 10.1. The number of hydrogen-bond acceptors (Lipinski definition) is 15. The molecule has 2 heterocycles. The highest BCUT2D eigenvalue weighted by molar-refractivity contribution is 7.33. The van der Waals surface area contributed by atoms with Gasteiger partial charge < -0.3 is 51.9 Å². The van der Waals surface area contributed by atoms with Gasteiger partial charge in [0.25, 0.3) is 0 Å². The van der Waals surface area contributed by atoms with Crippen LogP contribution in [0.15, 0.2) is 34.5 Å². The minimum atomic E-state index is -3.08. The summed E-state index contributed by atoms with van der Waals surface area (Å²) in [6.07, 6.45) is -0.664. The Bertz CT molecular complexity index is 706. The third kappa shape index (κ3) is 7.44. The van der Waals surface area contributed by atoms with E-state index in [4.69, 9.17) is 20.5 Å². The minimum absolute atomic E-state index is 0.0952. The number of nitrogens with two attached hydrogens (primary N) is 2. The quantitative estimate of drug-likeness (QED) is 0.1000. The largest absolute Gasteiger partial charge is 0.702 e. The molecule has 0 saturated carbocycles. The molecule has 0 fully saturated rings. The number of aliphatic hydroxyl groups excluding tert-OH is 6. The number of rotatable bonds is 12. The second kappa shape index (κ2) is 12.2. The van der Waals surface area contributed by atoms with Crippen LogP contribution in [0.2, 0.25) is 0 Å². The van der Waals surface area contributed by atoms with Gasteiger partial charge in [0, 0.05) is 30.1 Å². The summed E-state index contributed by atoms with van der Waals surface area (Å²) in [5.41, 5.74) is 10.9. The van der Waals surface area contributed by atoms with E-state index in [1.807, 2.05) is 0 Å². The molecular formula is C16H28N6O9P+. The van der Waals surface area contributed by atoms with Crippen molar-refractivity contribution in [3.05, 3.63) is 24.6 Å². The maximum Gasteiger partial charge on any atom is 0.702 e. The van der Waals surface area contributed by atoms with Crippen LogP contribution in [-0.4, -0.2) is 104 Å². The van der Waals surface area contributed by atoms with Gasteiger partial charge in [0.05, 0.1) is 25.0 Å². The van der Waals surface area contributed by atoms with Crippen molar-refractivity contribution in [2.24, 2.45) is 33.3 Å². The summed E-state index contributed by atoms with van der Waals surface area (Å²) in [7, 11) is -3.08. The van der Waals surface area contributed by atoms with E-state index in [9.17, 15) is 35.2 Å². The number of aliphatic hydroxyl groups is 6. The summed E-state index contributed by atoms with van der Waals surface area (Å²) in [4.78, 5) is 9.91. The lowest BCUT2D eigenvalue weighted by molar-refractivity contribution is -0.121. The molecule has 10 N–H and O–H groups in total. The first-order valence-corrected chi connectivity index (χ1v) is 10.5. The molecule has 0 amide bonds. The molecule has 2 aliphatic rings. The second-order valence-corrected chi connectivity index (χ2v) is 7.80. The van der Waals surface area contributed by atoms with Gasteiger partial charge in [-0.1, -0.05) is 9.05 Å². The molecule has 15 nitrogen and oxygen atoms in total. The summed E-state index contributed by atoms with van der Waals surface area (Å²) >= 11 is 0. The third-order valence-corrected chi connectivity index (χ3v) is 5.33. The van der Waals surface area contributed by atoms with Crippen LogP contribution in [0.4, 0.5) is 0 Å². The Kier molecular flexibility index (Phi) is 9.89. The van der Waals surface area contributed by atoms with Gasteiger partial charge in [0.1, 0.15) is 11.7 Å². The smallest absolute Gasteiger partial charge is 0.396 e. The van der Waals surface area contributed by atoms with Crippen LogP contribution in [0.3, 0.4) is 0 Å². The summed E-state index contributed by atoms with van der Waals surface area (Å²) in [6.45, 7) is -1.49. The zero-order chi connectivity index (χ0) is 23.8. The van der Waals surface area contributed by atoms with Crippen molar-refractivity contribution in [1.82, 2.24) is 9.80 Å². The van der Waals surface area contributed by atoms with Crippen molar-refractivity contribution in [2.75, 3.05) is 26.3 Å². The van der Waals surface area contributed by atoms with Crippen molar-refractivity contribution in [3.8, 4) is 0 Å². The van der Waals surface area contributed by atoms with E-state index in [0.29, 0.717) is 0 Å². The molecule has 6 atom stereocenters. The fourth-order valence-corrected chi connectivity index (χ4v) is 3.45. The van der Waals surface area contributed by atoms with E-state index >= 15 is 0 Å². The van der Waals surface area contributed by atoms with Gasteiger partial charge in [0.2, 0.25) is 25.3 Å². The molecule has 32 heavy (non-hydrogen) atoms. The van der Waals surface area contributed by atoms with E-state index in [-0.39, 0.29) is 24.8 Å². The molecule has 0 spiro atoms. The molecule has 0 bridgehead atoms. The second-order valence-electron chi connectivity index (χ2n) is 6.93. The van der Waals surface area contributed by atoms with Crippen LogP contribution < -0.4 is 11.5 Å². The normalized spacial score (nSPS) is 25.1. The maximum atomic E-state index is 12.1. The Morgan fingerprint density at radius 2 is 1.28 bits per heavy atom. The molecule has 0 aliphatic carbocycles. The van der Waals surface area contributed by atoms with Gasteiger partial charge in [-0.25, -0.2) is 9.98 Å². The van der Waals surface area contributed by atoms with Gasteiger partial charge in [-0.05, 0) is 12.2 Å². The van der Waals surface area contributed by atoms with Gasteiger partial charge >= 0.3 is 8.25 Å². The molecule has 0 aromatic heterocycles. The Balaban J connectivity index is 1.86. The number of hydrogen-bond donors (Lipinski definition) is 8. The van der Waals surface area contributed by atoms with Crippen molar-refractivity contribution in [3.63, 3.8) is 0 Å². The molecule has 16 heteroatoms. The number of amidine groups is 2. The first-order chi connectivity index (χ1) is 15.1. The van der Waals surface area contributed by atoms with Gasteiger partial charge in [-0.2, -0.15) is 0 Å². The Labute approximate surface area is 184 Å². The monoisotopic (exact) mass is 479 g/mol. The highest BCUT2D eigenvalue weighted by Crippen LogP contribution is 2.31. The van der Waals surface area contributed by atoms with Crippen molar-refractivity contribution in [2.45, 2.75) is 25.3 Å². The fourth-order valence-electron chi connectivity index (χ4n) is 2.70. The van der Waals surface area contributed by atoms with Gasteiger partial charge in [-0.3, -0.25) is 0 Å². The predicted molar refractivity (Wildman–Crippen MR) is 110 cm³/mol. The summed E-state index contributed by atoms with van der Waals surface area (Å²) in [6, 6.07) is 0. The maximum absolute atomic E-state index is 12.1. The molecule has 0 aromatic rings. The number of nitrogens with zero attached hydrogens (tertiary/aromatic N) is 4. The molecule has 180 valence electrons. The Morgan fingerprint density at radius 1 is 0.906 bits per heavy atom. The highest BCUT2D eigenvalue weighted by Gasteiger charge is 2.38. The van der Waals surface area contributed by atoms with E-state index < -0.39 is 58.6 Å². The molecule has 0 aromatic carbocycles. The topological polar surface area (TPSA) is 240 Å². The highest BCUT2D eigenvalue weighted by atomic mass is 31.1. The van der Waals surface area contributed by atoms with Crippen LogP contribution >= 0.6 is 8.25 Å². The lowest BCUT2D eigenvalue weighted by Gasteiger charge is -2.30. The number of aliphatic imine (C=N–C) groups is 2. The van der Waals surface area contributed by atoms with E-state index in [1.165, 1.54) is 34.4 Å². The van der Waals surface area contributed by atoms with E-state index in [0.717, 1.165) is 0 Å². The zero-order valence-electron chi connectivity index (χ0n) is 16.9. The Morgan fingerprint density at radius 3 is 1.59 bits per heavy atom. The average molecular weight is 479 g/mol.